The second-order valence-corrected chi connectivity index (χ2v) is 5.87. The Kier molecular flexibility index (Phi) is 5.41. The fourth-order valence-corrected chi connectivity index (χ4v) is 3.18. The number of nitrogens with zero attached hydrogens (tertiary/aromatic N) is 1. The minimum absolute atomic E-state index is 0.143. The van der Waals surface area contributed by atoms with Crippen molar-refractivity contribution in [1.82, 2.24) is 5.32 Å². The van der Waals surface area contributed by atoms with Crippen LogP contribution in [0.1, 0.15) is 58.1 Å². The van der Waals surface area contributed by atoms with Crippen molar-refractivity contribution in [2.75, 3.05) is 18.0 Å². The molecule has 0 radical (unpaired) electrons. The van der Waals surface area contributed by atoms with Crippen LogP contribution in [0.4, 0.5) is 10.1 Å². The molecule has 1 heterocycles. The van der Waals surface area contributed by atoms with Crippen LogP contribution in [-0.4, -0.2) is 19.1 Å². The first-order valence-corrected chi connectivity index (χ1v) is 7.93. The van der Waals surface area contributed by atoms with E-state index in [-0.39, 0.29) is 11.9 Å². The molecule has 1 saturated heterocycles. The van der Waals surface area contributed by atoms with Crippen LogP contribution in [-0.2, 0) is 0 Å². The second kappa shape index (κ2) is 7.07. The Hall–Kier alpha value is -1.09. The lowest BCUT2D eigenvalue weighted by Crippen LogP contribution is -2.34. The standard InChI is InChI=1S/C17H27FN2/c1-4-19-14(3)16-12-15(18)9-10-17(16)20-11-7-5-6-8-13(20)2/h9-10,12-14,19H,4-8,11H2,1-3H3. The molecule has 2 rings (SSSR count). The third-order valence-corrected chi connectivity index (χ3v) is 4.33. The van der Waals surface area contributed by atoms with Crippen molar-refractivity contribution in [2.24, 2.45) is 0 Å². The molecular formula is C17H27FN2. The Bertz CT molecular complexity index is 433. The van der Waals surface area contributed by atoms with Crippen LogP contribution in [0.25, 0.3) is 0 Å². The van der Waals surface area contributed by atoms with Crippen LogP contribution < -0.4 is 10.2 Å². The highest BCUT2D eigenvalue weighted by molar-refractivity contribution is 5.56. The molecule has 0 bridgehead atoms. The van der Waals surface area contributed by atoms with Crippen LogP contribution in [0.3, 0.4) is 0 Å². The number of hydrogen-bond donors (Lipinski definition) is 1. The van der Waals surface area contributed by atoms with Gasteiger partial charge in [-0.3, -0.25) is 0 Å². The van der Waals surface area contributed by atoms with Gasteiger partial charge < -0.3 is 10.2 Å². The highest BCUT2D eigenvalue weighted by atomic mass is 19.1. The monoisotopic (exact) mass is 278 g/mol. The Balaban J connectivity index is 2.33. The summed E-state index contributed by atoms with van der Waals surface area (Å²) in [5.74, 6) is -0.143. The summed E-state index contributed by atoms with van der Waals surface area (Å²) in [6, 6.07) is 5.96. The van der Waals surface area contributed by atoms with Crippen LogP contribution in [0.5, 0.6) is 0 Å². The van der Waals surface area contributed by atoms with Gasteiger partial charge in [0.15, 0.2) is 0 Å². The average molecular weight is 278 g/mol. The van der Waals surface area contributed by atoms with E-state index in [0.29, 0.717) is 6.04 Å². The van der Waals surface area contributed by atoms with Gasteiger partial charge in [0.1, 0.15) is 5.82 Å². The zero-order chi connectivity index (χ0) is 14.5. The molecule has 0 aliphatic carbocycles. The summed E-state index contributed by atoms with van der Waals surface area (Å²) in [6.45, 7) is 8.47. The lowest BCUT2D eigenvalue weighted by atomic mass is 10.0. The molecule has 1 fully saturated rings. The fraction of sp³-hybridized carbons (Fsp3) is 0.647. The van der Waals surface area contributed by atoms with E-state index in [1.807, 2.05) is 6.07 Å². The summed E-state index contributed by atoms with van der Waals surface area (Å²) in [5, 5.41) is 3.41. The van der Waals surface area contributed by atoms with E-state index in [2.05, 4.69) is 31.0 Å². The zero-order valence-electron chi connectivity index (χ0n) is 13.0. The zero-order valence-corrected chi connectivity index (χ0v) is 13.0. The van der Waals surface area contributed by atoms with Crippen LogP contribution in [0.2, 0.25) is 0 Å². The maximum atomic E-state index is 13.6. The lowest BCUT2D eigenvalue weighted by molar-refractivity contribution is 0.570. The molecular weight excluding hydrogens is 251 g/mol. The quantitative estimate of drug-likeness (QED) is 0.885. The van der Waals surface area contributed by atoms with E-state index in [0.717, 1.165) is 18.7 Å². The normalized spacial score (nSPS) is 21.6. The Morgan fingerprint density at radius 1 is 1.35 bits per heavy atom. The van der Waals surface area contributed by atoms with E-state index in [9.17, 15) is 4.39 Å². The number of hydrogen-bond acceptors (Lipinski definition) is 2. The molecule has 0 spiro atoms. The van der Waals surface area contributed by atoms with Crippen molar-refractivity contribution >= 4 is 5.69 Å². The van der Waals surface area contributed by atoms with Gasteiger partial charge in [-0.2, -0.15) is 0 Å². The fourth-order valence-electron chi connectivity index (χ4n) is 3.18. The molecule has 20 heavy (non-hydrogen) atoms. The Labute approximate surface area is 122 Å². The summed E-state index contributed by atoms with van der Waals surface area (Å²) < 4.78 is 13.6. The molecule has 1 aliphatic heterocycles. The van der Waals surface area contributed by atoms with Gasteiger partial charge in [0.05, 0.1) is 0 Å². The average Bonchev–Trinajstić information content (AvgIpc) is 2.64. The first kappa shape index (κ1) is 15.3. The third kappa shape index (κ3) is 3.51. The number of anilines is 1. The molecule has 1 N–H and O–H groups in total. The van der Waals surface area contributed by atoms with Gasteiger partial charge in [0, 0.05) is 24.3 Å². The topological polar surface area (TPSA) is 15.3 Å². The molecule has 3 heteroatoms. The molecule has 112 valence electrons. The van der Waals surface area contributed by atoms with Crippen molar-refractivity contribution in [3.05, 3.63) is 29.6 Å². The minimum atomic E-state index is -0.143. The van der Waals surface area contributed by atoms with E-state index < -0.39 is 0 Å². The molecule has 2 atom stereocenters. The van der Waals surface area contributed by atoms with Crippen LogP contribution >= 0.6 is 0 Å². The summed E-state index contributed by atoms with van der Waals surface area (Å²) >= 11 is 0. The van der Waals surface area contributed by atoms with Gasteiger partial charge in [-0.15, -0.1) is 0 Å². The predicted molar refractivity (Wildman–Crippen MR) is 83.8 cm³/mol. The van der Waals surface area contributed by atoms with Gasteiger partial charge in [0.2, 0.25) is 0 Å². The van der Waals surface area contributed by atoms with E-state index >= 15 is 0 Å². The van der Waals surface area contributed by atoms with Gasteiger partial charge in [0.25, 0.3) is 0 Å². The molecule has 1 aliphatic rings. The van der Waals surface area contributed by atoms with E-state index in [1.165, 1.54) is 31.4 Å². The summed E-state index contributed by atoms with van der Waals surface area (Å²) in [4.78, 5) is 2.47. The van der Waals surface area contributed by atoms with Crippen molar-refractivity contribution in [2.45, 2.75) is 58.5 Å². The number of halogens is 1. The van der Waals surface area contributed by atoms with Crippen molar-refractivity contribution in [3.63, 3.8) is 0 Å². The minimum Gasteiger partial charge on any atom is -0.369 e. The smallest absolute Gasteiger partial charge is 0.123 e. The number of benzene rings is 1. The predicted octanol–water partition coefficient (Wildman–Crippen LogP) is 4.27. The van der Waals surface area contributed by atoms with Gasteiger partial charge in [-0.05, 0) is 57.0 Å². The summed E-state index contributed by atoms with van der Waals surface area (Å²) in [6.07, 6.45) is 5.07. The SMILES string of the molecule is CCNC(C)c1cc(F)ccc1N1CCCCCC1C. The first-order chi connectivity index (χ1) is 9.63. The van der Waals surface area contributed by atoms with Crippen molar-refractivity contribution in [3.8, 4) is 0 Å². The highest BCUT2D eigenvalue weighted by Crippen LogP contribution is 2.31. The van der Waals surface area contributed by atoms with Gasteiger partial charge in [-0.25, -0.2) is 4.39 Å². The van der Waals surface area contributed by atoms with Crippen LogP contribution in [0.15, 0.2) is 18.2 Å². The van der Waals surface area contributed by atoms with Gasteiger partial charge in [-0.1, -0.05) is 19.8 Å². The van der Waals surface area contributed by atoms with Gasteiger partial charge >= 0.3 is 0 Å². The molecule has 0 saturated carbocycles. The molecule has 0 aromatic heterocycles. The summed E-state index contributed by atoms with van der Waals surface area (Å²) in [7, 11) is 0. The maximum Gasteiger partial charge on any atom is 0.123 e. The second-order valence-electron chi connectivity index (χ2n) is 5.87. The van der Waals surface area contributed by atoms with Crippen molar-refractivity contribution in [1.29, 1.82) is 0 Å². The molecule has 0 amide bonds. The number of nitrogens with one attached hydrogen (secondary N) is 1. The number of rotatable bonds is 4. The van der Waals surface area contributed by atoms with E-state index in [1.54, 1.807) is 12.1 Å². The maximum absolute atomic E-state index is 13.6. The summed E-state index contributed by atoms with van der Waals surface area (Å²) in [5.41, 5.74) is 2.29. The molecule has 2 nitrogen and oxygen atoms in total. The third-order valence-electron chi connectivity index (χ3n) is 4.33. The first-order valence-electron chi connectivity index (χ1n) is 7.93. The van der Waals surface area contributed by atoms with Crippen molar-refractivity contribution < 1.29 is 4.39 Å². The van der Waals surface area contributed by atoms with E-state index in [4.69, 9.17) is 0 Å². The molecule has 1 aromatic rings. The Morgan fingerprint density at radius 2 is 2.15 bits per heavy atom. The lowest BCUT2D eigenvalue weighted by Gasteiger charge is -2.33. The largest absolute Gasteiger partial charge is 0.369 e. The van der Waals surface area contributed by atoms with Crippen LogP contribution in [0, 0.1) is 5.82 Å². The highest BCUT2D eigenvalue weighted by Gasteiger charge is 2.21. The Morgan fingerprint density at radius 3 is 2.90 bits per heavy atom. The molecule has 1 aromatic carbocycles. The molecule has 2 unspecified atom stereocenters.